The summed E-state index contributed by atoms with van der Waals surface area (Å²) in [6.07, 6.45) is 2.11. The van der Waals surface area contributed by atoms with Gasteiger partial charge in [0, 0.05) is 19.5 Å². The fourth-order valence-electron chi connectivity index (χ4n) is 3.03. The van der Waals surface area contributed by atoms with E-state index in [9.17, 15) is 18.0 Å². The molecule has 0 spiro atoms. The number of hydrogen-bond donors (Lipinski definition) is 1. The Hall–Kier alpha value is -1.67. The van der Waals surface area contributed by atoms with Gasteiger partial charge in [0.25, 0.3) is 5.91 Å². The molecule has 8 heteroatoms. The zero-order valence-electron chi connectivity index (χ0n) is 14.9. The van der Waals surface area contributed by atoms with Crippen LogP contribution in [0.1, 0.15) is 54.8 Å². The number of aryl methyl sites for hydroxylation is 2. The van der Waals surface area contributed by atoms with Gasteiger partial charge >= 0.3 is 5.63 Å². The van der Waals surface area contributed by atoms with Gasteiger partial charge in [-0.3, -0.25) is 4.79 Å². The van der Waals surface area contributed by atoms with E-state index in [1.165, 1.54) is 4.90 Å². The van der Waals surface area contributed by atoms with Gasteiger partial charge in [-0.05, 0) is 43.7 Å². The maximum atomic E-state index is 12.7. The smallest absolute Gasteiger partial charge is 0.349 e. The van der Waals surface area contributed by atoms with E-state index in [0.717, 1.165) is 6.42 Å². The molecule has 0 atom stereocenters. The Bertz CT molecular complexity index is 790. The first-order valence-corrected chi connectivity index (χ1v) is 10.1. The molecule has 7 nitrogen and oxygen atoms in total. The molecule has 1 saturated heterocycles. The molecule has 0 aromatic carbocycles. The molecular formula is C17H26N2O5S. The first kappa shape index (κ1) is 19.7. The van der Waals surface area contributed by atoms with Crippen molar-refractivity contribution >= 4 is 15.9 Å². The van der Waals surface area contributed by atoms with Crippen molar-refractivity contribution in [3.05, 3.63) is 33.4 Å². The maximum absolute atomic E-state index is 12.7. The van der Waals surface area contributed by atoms with Crippen molar-refractivity contribution in [3.8, 4) is 0 Å². The topological polar surface area (TPSA) is 111 Å². The van der Waals surface area contributed by atoms with Crippen LogP contribution < -0.4 is 10.8 Å². The van der Waals surface area contributed by atoms with Crippen molar-refractivity contribution in [2.75, 3.05) is 13.1 Å². The van der Waals surface area contributed by atoms with Gasteiger partial charge in [-0.1, -0.05) is 13.8 Å². The predicted octanol–water partition coefficient (Wildman–Crippen LogP) is 1.43. The lowest BCUT2D eigenvalue weighted by molar-refractivity contribution is 0.0719. The summed E-state index contributed by atoms with van der Waals surface area (Å²) in [4.78, 5) is 26.4. The molecule has 0 radical (unpaired) electrons. The monoisotopic (exact) mass is 370 g/mol. The molecule has 1 amide bonds. The third kappa shape index (κ3) is 4.92. The molecule has 25 heavy (non-hydrogen) atoms. The van der Waals surface area contributed by atoms with Gasteiger partial charge in [0.15, 0.2) is 0 Å². The van der Waals surface area contributed by atoms with Crippen LogP contribution in [0.3, 0.4) is 0 Å². The van der Waals surface area contributed by atoms with Crippen molar-refractivity contribution in [1.29, 1.82) is 0 Å². The first-order valence-electron chi connectivity index (χ1n) is 8.54. The molecule has 0 unspecified atom stereocenters. The minimum absolute atomic E-state index is 0.0300. The molecule has 1 aromatic rings. The van der Waals surface area contributed by atoms with Crippen LogP contribution >= 0.6 is 0 Å². The third-order valence-corrected chi connectivity index (χ3v) is 5.98. The highest BCUT2D eigenvalue weighted by molar-refractivity contribution is 7.89. The zero-order valence-corrected chi connectivity index (χ0v) is 15.8. The predicted molar refractivity (Wildman–Crippen MR) is 94.9 cm³/mol. The lowest BCUT2D eigenvalue weighted by Crippen LogP contribution is -2.45. The molecule has 1 aliphatic rings. The number of likely N-dealkylation sites (tertiary alicyclic amines) is 1. The Kier molecular flexibility index (Phi) is 6.05. The molecule has 0 aliphatic carbocycles. The summed E-state index contributed by atoms with van der Waals surface area (Å²) in [7, 11) is -3.59. The van der Waals surface area contributed by atoms with Crippen molar-refractivity contribution in [3.63, 3.8) is 0 Å². The van der Waals surface area contributed by atoms with Crippen LogP contribution in [0, 0.1) is 12.8 Å². The minimum atomic E-state index is -3.59. The number of primary sulfonamides is 1. The highest BCUT2D eigenvalue weighted by Gasteiger charge is 2.31. The van der Waals surface area contributed by atoms with E-state index in [1.54, 1.807) is 13.0 Å². The molecular weight excluding hydrogens is 344 g/mol. The van der Waals surface area contributed by atoms with Crippen molar-refractivity contribution in [2.45, 2.75) is 51.7 Å². The van der Waals surface area contributed by atoms with Crippen molar-refractivity contribution in [2.24, 2.45) is 11.1 Å². The molecule has 1 fully saturated rings. The summed E-state index contributed by atoms with van der Waals surface area (Å²) in [6.45, 7) is 6.42. The lowest BCUT2D eigenvalue weighted by atomic mass is 10.0. The Labute approximate surface area is 148 Å². The second kappa shape index (κ2) is 7.70. The highest BCUT2D eigenvalue weighted by Crippen LogP contribution is 2.19. The van der Waals surface area contributed by atoms with Crippen LogP contribution in [0.25, 0.3) is 0 Å². The van der Waals surface area contributed by atoms with Gasteiger partial charge in [-0.25, -0.2) is 18.4 Å². The fourth-order valence-corrected chi connectivity index (χ4v) is 3.90. The van der Waals surface area contributed by atoms with Crippen LogP contribution in [0.15, 0.2) is 15.3 Å². The molecule has 2 N–H and O–H groups in total. The average Bonchev–Trinajstić information content (AvgIpc) is 2.51. The van der Waals surface area contributed by atoms with Crippen LogP contribution in [0.2, 0.25) is 0 Å². The Balaban J connectivity index is 2.14. The number of carbonyl (C=O) groups excluding carboxylic acids is 1. The van der Waals surface area contributed by atoms with Gasteiger partial charge in [-0.2, -0.15) is 0 Å². The van der Waals surface area contributed by atoms with Crippen molar-refractivity contribution < 1.29 is 17.6 Å². The van der Waals surface area contributed by atoms with Gasteiger partial charge in [0.05, 0.1) is 5.25 Å². The molecule has 1 aromatic heterocycles. The summed E-state index contributed by atoms with van der Waals surface area (Å²) in [6, 6.07) is 1.74. The Morgan fingerprint density at radius 3 is 2.44 bits per heavy atom. The van der Waals surface area contributed by atoms with E-state index in [4.69, 9.17) is 9.56 Å². The van der Waals surface area contributed by atoms with Crippen LogP contribution in [-0.4, -0.2) is 37.6 Å². The Morgan fingerprint density at radius 2 is 1.96 bits per heavy atom. The van der Waals surface area contributed by atoms with Gasteiger partial charge in [0.2, 0.25) is 10.0 Å². The number of sulfonamides is 1. The van der Waals surface area contributed by atoms with Gasteiger partial charge in [-0.15, -0.1) is 0 Å². The minimum Gasteiger partial charge on any atom is -0.427 e. The van der Waals surface area contributed by atoms with Crippen molar-refractivity contribution in [1.82, 2.24) is 4.90 Å². The second-order valence-electron chi connectivity index (χ2n) is 7.07. The number of piperidine rings is 1. The molecule has 1 aliphatic heterocycles. The normalized spacial score (nSPS) is 16.4. The molecule has 0 bridgehead atoms. The van der Waals surface area contributed by atoms with E-state index in [-0.39, 0.29) is 31.5 Å². The molecule has 140 valence electrons. The zero-order chi connectivity index (χ0) is 18.8. The average molecular weight is 370 g/mol. The van der Waals surface area contributed by atoms with Gasteiger partial charge < -0.3 is 9.32 Å². The Morgan fingerprint density at radius 1 is 1.36 bits per heavy atom. The number of carbonyl (C=O) groups is 1. The number of amides is 1. The fraction of sp³-hybridized carbons (Fsp3) is 0.647. The second-order valence-corrected chi connectivity index (χ2v) is 8.92. The summed E-state index contributed by atoms with van der Waals surface area (Å²) in [5, 5.41) is 4.53. The lowest BCUT2D eigenvalue weighted by Gasteiger charge is -2.30. The van der Waals surface area contributed by atoms with E-state index in [0.29, 0.717) is 23.7 Å². The van der Waals surface area contributed by atoms with E-state index in [1.807, 2.05) is 0 Å². The van der Waals surface area contributed by atoms with Crippen LogP contribution in [-0.2, 0) is 16.4 Å². The van der Waals surface area contributed by atoms with Crippen LogP contribution in [0.4, 0.5) is 0 Å². The van der Waals surface area contributed by atoms with Gasteiger partial charge in [0.1, 0.15) is 11.3 Å². The number of rotatable bonds is 5. The number of nitrogens with zero attached hydrogens (tertiary/aromatic N) is 1. The van der Waals surface area contributed by atoms with E-state index >= 15 is 0 Å². The summed E-state index contributed by atoms with van der Waals surface area (Å²) < 4.78 is 28.1. The standard InChI is InChI=1S/C17H26N2O5S/c1-11(2)4-5-13-10-12(3)15(17(21)24-13)16(20)19-8-6-14(7-9-19)25(18,22)23/h10-11,14H,4-9H2,1-3H3,(H2,18,22,23). The quantitative estimate of drug-likeness (QED) is 0.843. The largest absolute Gasteiger partial charge is 0.427 e. The maximum Gasteiger partial charge on any atom is 0.349 e. The van der Waals surface area contributed by atoms with E-state index in [2.05, 4.69) is 13.8 Å². The molecule has 0 saturated carbocycles. The molecule has 2 heterocycles. The van der Waals surface area contributed by atoms with Crippen LogP contribution in [0.5, 0.6) is 0 Å². The summed E-state index contributed by atoms with van der Waals surface area (Å²) >= 11 is 0. The van der Waals surface area contributed by atoms with E-state index < -0.39 is 26.8 Å². The molecule has 2 rings (SSSR count). The summed E-state index contributed by atoms with van der Waals surface area (Å²) in [5.41, 5.74) is -0.00625. The highest BCUT2D eigenvalue weighted by atomic mass is 32.2. The number of hydrogen-bond acceptors (Lipinski definition) is 5. The first-order chi connectivity index (χ1) is 11.6. The SMILES string of the molecule is Cc1cc(CCC(C)C)oc(=O)c1C(=O)N1CCC(S(N)(=O)=O)CC1. The third-order valence-electron chi connectivity index (χ3n) is 4.58. The number of nitrogens with two attached hydrogens (primary N) is 1. The summed E-state index contributed by atoms with van der Waals surface area (Å²) in [5.74, 6) is 0.669.